The molecule has 0 aliphatic carbocycles. The molecule has 0 spiro atoms. The van der Waals surface area contributed by atoms with E-state index in [0.29, 0.717) is 29.7 Å². The molecule has 108 valence electrons. The van der Waals surface area contributed by atoms with Crippen molar-refractivity contribution in [3.8, 4) is 11.5 Å². The third-order valence-electron chi connectivity index (χ3n) is 2.83. The third-order valence-corrected chi connectivity index (χ3v) is 3.05. The Morgan fingerprint density at radius 1 is 1.40 bits per heavy atom. The minimum atomic E-state index is 0.311. The normalized spacial score (nSPS) is 10.6. The number of hydrogen-bond acceptors (Lipinski definition) is 5. The Balaban J connectivity index is 2.26. The second-order valence-corrected chi connectivity index (χ2v) is 4.71. The van der Waals surface area contributed by atoms with Crippen LogP contribution in [0.3, 0.4) is 0 Å². The molecule has 20 heavy (non-hydrogen) atoms. The van der Waals surface area contributed by atoms with E-state index in [1.165, 1.54) is 0 Å². The number of nitrogens with zero attached hydrogens (tertiary/aromatic N) is 3. The monoisotopic (exact) mass is 296 g/mol. The molecule has 0 amide bonds. The van der Waals surface area contributed by atoms with E-state index < -0.39 is 0 Å². The number of nitrogens with one attached hydrogen (secondary N) is 1. The van der Waals surface area contributed by atoms with Gasteiger partial charge in [0.15, 0.2) is 17.3 Å². The third kappa shape index (κ3) is 3.20. The first-order valence-corrected chi connectivity index (χ1v) is 6.50. The number of aromatic nitrogens is 3. The summed E-state index contributed by atoms with van der Waals surface area (Å²) in [5, 5.41) is 11.5. The minimum Gasteiger partial charge on any atom is -0.493 e. The number of rotatable bonds is 6. The van der Waals surface area contributed by atoms with Crippen LogP contribution in [0, 0.1) is 0 Å². The maximum Gasteiger partial charge on any atom is 0.170 e. The molecule has 0 fully saturated rings. The first-order chi connectivity index (χ1) is 9.65. The molecule has 2 aromatic rings. The Bertz CT molecular complexity index is 586. The quantitative estimate of drug-likeness (QED) is 0.880. The fraction of sp³-hybridized carbons (Fsp3) is 0.385. The summed E-state index contributed by atoms with van der Waals surface area (Å²) in [6.07, 6.45) is 1.63. The van der Waals surface area contributed by atoms with Gasteiger partial charge in [0.05, 0.1) is 7.11 Å². The van der Waals surface area contributed by atoms with Crippen molar-refractivity contribution in [1.29, 1.82) is 0 Å². The van der Waals surface area contributed by atoms with E-state index in [4.69, 9.17) is 21.1 Å². The van der Waals surface area contributed by atoms with Crippen LogP contribution < -0.4 is 14.8 Å². The molecule has 0 saturated carbocycles. The molecule has 0 aliphatic heterocycles. The maximum atomic E-state index is 6.07. The van der Waals surface area contributed by atoms with Crippen LogP contribution in [0.25, 0.3) is 0 Å². The van der Waals surface area contributed by atoms with Gasteiger partial charge in [-0.25, -0.2) is 0 Å². The number of methoxy groups -OCH3 is 1. The van der Waals surface area contributed by atoms with E-state index in [1.807, 2.05) is 20.2 Å². The fourth-order valence-electron chi connectivity index (χ4n) is 1.83. The van der Waals surface area contributed by atoms with Crippen molar-refractivity contribution in [2.24, 2.45) is 7.05 Å². The van der Waals surface area contributed by atoms with Gasteiger partial charge in [-0.2, -0.15) is 0 Å². The first-order valence-electron chi connectivity index (χ1n) is 6.12. The van der Waals surface area contributed by atoms with Gasteiger partial charge >= 0.3 is 0 Å². The molecule has 1 aromatic carbocycles. The van der Waals surface area contributed by atoms with Crippen molar-refractivity contribution in [2.75, 3.05) is 14.2 Å². The van der Waals surface area contributed by atoms with E-state index in [2.05, 4.69) is 15.5 Å². The topological polar surface area (TPSA) is 61.2 Å². The summed E-state index contributed by atoms with van der Waals surface area (Å²) in [5.74, 6) is 2.00. The van der Waals surface area contributed by atoms with Crippen molar-refractivity contribution in [2.45, 2.75) is 13.2 Å². The van der Waals surface area contributed by atoms with Gasteiger partial charge in [0, 0.05) is 30.2 Å². The lowest BCUT2D eigenvalue weighted by Crippen LogP contribution is -2.10. The van der Waals surface area contributed by atoms with Gasteiger partial charge in [-0.3, -0.25) is 0 Å². The van der Waals surface area contributed by atoms with E-state index in [-0.39, 0.29) is 0 Å². The molecule has 6 nitrogen and oxygen atoms in total. The Labute approximate surface area is 122 Å². The number of hydrogen-bond donors (Lipinski definition) is 1. The van der Waals surface area contributed by atoms with Gasteiger partial charge < -0.3 is 19.4 Å². The number of benzene rings is 1. The SMILES string of the molecule is CNCc1cc(Cl)cc(OC)c1OCc1nncn1C. The minimum absolute atomic E-state index is 0.311. The standard InChI is InChI=1S/C13H17ClN4O2/c1-15-6-9-4-10(14)5-11(19-3)13(9)20-7-12-17-16-8-18(12)2/h4-5,8,15H,6-7H2,1-3H3. The maximum absolute atomic E-state index is 6.07. The largest absolute Gasteiger partial charge is 0.493 e. The number of ether oxygens (including phenoxy) is 2. The zero-order chi connectivity index (χ0) is 14.5. The van der Waals surface area contributed by atoms with Gasteiger partial charge in [0.2, 0.25) is 0 Å². The second-order valence-electron chi connectivity index (χ2n) is 4.27. The highest BCUT2D eigenvalue weighted by Gasteiger charge is 2.13. The molecule has 2 rings (SSSR count). The molecule has 1 aromatic heterocycles. The van der Waals surface area contributed by atoms with Gasteiger partial charge in [-0.05, 0) is 13.1 Å². The summed E-state index contributed by atoms with van der Waals surface area (Å²) in [7, 11) is 5.32. The predicted molar refractivity (Wildman–Crippen MR) is 76.1 cm³/mol. The molecule has 1 N–H and O–H groups in total. The molecule has 0 aliphatic rings. The van der Waals surface area contributed by atoms with Gasteiger partial charge in [0.1, 0.15) is 12.9 Å². The van der Waals surface area contributed by atoms with Crippen LogP contribution in [0.5, 0.6) is 11.5 Å². The highest BCUT2D eigenvalue weighted by Crippen LogP contribution is 2.35. The lowest BCUT2D eigenvalue weighted by atomic mass is 10.2. The Morgan fingerprint density at radius 2 is 2.20 bits per heavy atom. The van der Waals surface area contributed by atoms with E-state index in [9.17, 15) is 0 Å². The zero-order valence-corrected chi connectivity index (χ0v) is 12.4. The van der Waals surface area contributed by atoms with Crippen molar-refractivity contribution < 1.29 is 9.47 Å². The summed E-state index contributed by atoms with van der Waals surface area (Å²) in [5.41, 5.74) is 0.930. The van der Waals surface area contributed by atoms with E-state index >= 15 is 0 Å². The number of halogens is 1. The lowest BCUT2D eigenvalue weighted by molar-refractivity contribution is 0.269. The molecule has 0 radical (unpaired) electrons. The summed E-state index contributed by atoms with van der Waals surface area (Å²) >= 11 is 6.07. The Hall–Kier alpha value is -1.79. The molecule has 0 atom stereocenters. The van der Waals surface area contributed by atoms with Crippen molar-refractivity contribution in [3.05, 3.63) is 34.9 Å². The second kappa shape index (κ2) is 6.58. The Kier molecular flexibility index (Phi) is 4.81. The molecule has 1 heterocycles. The van der Waals surface area contributed by atoms with Crippen LogP contribution in [0.4, 0.5) is 0 Å². The average molecular weight is 297 g/mol. The van der Waals surface area contributed by atoms with Gasteiger partial charge in [0.25, 0.3) is 0 Å². The molecule has 0 unspecified atom stereocenters. The molecule has 0 saturated heterocycles. The molecular weight excluding hydrogens is 280 g/mol. The highest BCUT2D eigenvalue weighted by atomic mass is 35.5. The van der Waals surface area contributed by atoms with Gasteiger partial charge in [-0.1, -0.05) is 11.6 Å². The fourth-order valence-corrected chi connectivity index (χ4v) is 2.07. The summed E-state index contributed by atoms with van der Waals surface area (Å²) in [6, 6.07) is 3.58. The Morgan fingerprint density at radius 3 is 2.80 bits per heavy atom. The van der Waals surface area contributed by atoms with Crippen LogP contribution in [-0.4, -0.2) is 28.9 Å². The zero-order valence-electron chi connectivity index (χ0n) is 11.7. The van der Waals surface area contributed by atoms with Crippen LogP contribution >= 0.6 is 11.6 Å². The molecule has 7 heteroatoms. The molecule has 0 bridgehead atoms. The van der Waals surface area contributed by atoms with E-state index in [0.717, 1.165) is 11.4 Å². The van der Waals surface area contributed by atoms with Crippen molar-refractivity contribution >= 4 is 11.6 Å². The van der Waals surface area contributed by atoms with Crippen LogP contribution in [0.2, 0.25) is 5.02 Å². The first kappa shape index (κ1) is 14.6. The van der Waals surface area contributed by atoms with Crippen molar-refractivity contribution in [3.63, 3.8) is 0 Å². The summed E-state index contributed by atoms with van der Waals surface area (Å²) < 4.78 is 13.0. The number of aryl methyl sites for hydroxylation is 1. The van der Waals surface area contributed by atoms with Crippen LogP contribution in [0.15, 0.2) is 18.5 Å². The lowest BCUT2D eigenvalue weighted by Gasteiger charge is -2.15. The van der Waals surface area contributed by atoms with E-state index in [1.54, 1.807) is 24.1 Å². The summed E-state index contributed by atoms with van der Waals surface area (Å²) in [4.78, 5) is 0. The van der Waals surface area contributed by atoms with Gasteiger partial charge in [-0.15, -0.1) is 10.2 Å². The molecular formula is C13H17ClN4O2. The smallest absolute Gasteiger partial charge is 0.170 e. The highest BCUT2D eigenvalue weighted by molar-refractivity contribution is 6.30. The van der Waals surface area contributed by atoms with Crippen LogP contribution in [-0.2, 0) is 20.2 Å². The predicted octanol–water partition coefficient (Wildman–Crippen LogP) is 1.78. The average Bonchev–Trinajstić information content (AvgIpc) is 2.83. The van der Waals surface area contributed by atoms with Crippen LogP contribution in [0.1, 0.15) is 11.4 Å². The van der Waals surface area contributed by atoms with Crippen molar-refractivity contribution in [1.82, 2.24) is 20.1 Å². The summed E-state index contributed by atoms with van der Waals surface area (Å²) in [6.45, 7) is 0.941.